The Morgan fingerprint density at radius 3 is 2.36 bits per heavy atom. The van der Waals surface area contributed by atoms with Crippen LogP contribution in [0.3, 0.4) is 0 Å². The summed E-state index contributed by atoms with van der Waals surface area (Å²) in [7, 11) is 1.66. The van der Waals surface area contributed by atoms with E-state index < -0.39 is 11.9 Å². The Bertz CT molecular complexity index is 257. The topological polar surface area (TPSA) is 24.9 Å². The maximum Gasteiger partial charge on any atom is 0.434 e. The van der Waals surface area contributed by atoms with Gasteiger partial charge in [-0.3, -0.25) is 0 Å². The molecule has 0 atom stereocenters. The quantitative estimate of drug-likeness (QED) is 0.838. The van der Waals surface area contributed by atoms with Gasteiger partial charge >= 0.3 is 6.18 Å². The van der Waals surface area contributed by atoms with E-state index in [0.717, 1.165) is 16.7 Å². The maximum atomic E-state index is 12.0. The van der Waals surface area contributed by atoms with Crippen molar-refractivity contribution in [2.24, 2.45) is 0 Å². The Labute approximate surface area is 85.2 Å². The Balaban J connectivity index is 0.000000791. The van der Waals surface area contributed by atoms with Gasteiger partial charge in [0.25, 0.3) is 0 Å². The van der Waals surface area contributed by atoms with E-state index in [-0.39, 0.29) is 0 Å². The van der Waals surface area contributed by atoms with E-state index in [9.17, 15) is 13.2 Å². The van der Waals surface area contributed by atoms with Gasteiger partial charge in [-0.25, -0.2) is 4.98 Å². The van der Waals surface area contributed by atoms with Crippen LogP contribution < -0.4 is 5.32 Å². The number of nitrogens with zero attached hydrogens (tertiary/aromatic N) is 1. The zero-order valence-electron chi connectivity index (χ0n) is 8.27. The van der Waals surface area contributed by atoms with Crippen molar-refractivity contribution in [2.45, 2.75) is 26.6 Å². The standard InChI is InChI=1S/C6H7F3N2S.C2H6/c1-10-2-5-11-4(3-12-5)6(7,8)9;1-2/h3,10H,2H2,1H3;1-2H3. The van der Waals surface area contributed by atoms with Crippen LogP contribution in [0.2, 0.25) is 0 Å². The highest BCUT2D eigenvalue weighted by molar-refractivity contribution is 7.09. The van der Waals surface area contributed by atoms with Gasteiger partial charge in [0.1, 0.15) is 5.01 Å². The third-order valence-electron chi connectivity index (χ3n) is 1.17. The highest BCUT2D eigenvalue weighted by atomic mass is 32.1. The predicted molar refractivity (Wildman–Crippen MR) is 51.2 cm³/mol. The fraction of sp³-hybridized carbons (Fsp3) is 0.625. The summed E-state index contributed by atoms with van der Waals surface area (Å²) >= 11 is 1.01. The summed E-state index contributed by atoms with van der Waals surface area (Å²) < 4.78 is 35.9. The summed E-state index contributed by atoms with van der Waals surface area (Å²) in [6, 6.07) is 0. The molecule has 1 heterocycles. The van der Waals surface area contributed by atoms with Crippen molar-refractivity contribution in [1.82, 2.24) is 10.3 Å². The summed E-state index contributed by atoms with van der Waals surface area (Å²) in [4.78, 5) is 3.40. The minimum atomic E-state index is -4.32. The van der Waals surface area contributed by atoms with E-state index in [4.69, 9.17) is 0 Å². The van der Waals surface area contributed by atoms with Gasteiger partial charge in [0.15, 0.2) is 5.69 Å². The van der Waals surface area contributed by atoms with E-state index in [0.29, 0.717) is 11.6 Å². The molecule has 0 bridgehead atoms. The molecule has 0 spiro atoms. The van der Waals surface area contributed by atoms with Gasteiger partial charge < -0.3 is 5.32 Å². The lowest BCUT2D eigenvalue weighted by Gasteiger charge is -1.99. The summed E-state index contributed by atoms with van der Waals surface area (Å²) in [5, 5.41) is 4.20. The van der Waals surface area contributed by atoms with Gasteiger partial charge in [-0.2, -0.15) is 13.2 Å². The highest BCUT2D eigenvalue weighted by Crippen LogP contribution is 2.29. The fourth-order valence-electron chi connectivity index (χ4n) is 0.674. The van der Waals surface area contributed by atoms with Crippen LogP contribution in [0, 0.1) is 0 Å². The molecular formula is C8H13F3N2S. The van der Waals surface area contributed by atoms with Crippen LogP contribution in [0.5, 0.6) is 0 Å². The minimum absolute atomic E-state index is 0.376. The second-order valence-corrected chi connectivity index (χ2v) is 3.10. The number of aromatic nitrogens is 1. The number of rotatable bonds is 2. The lowest BCUT2D eigenvalue weighted by Crippen LogP contribution is -2.08. The monoisotopic (exact) mass is 226 g/mol. The molecule has 1 rings (SSSR count). The van der Waals surface area contributed by atoms with Crippen LogP contribution in [0.15, 0.2) is 5.38 Å². The van der Waals surface area contributed by atoms with Crippen molar-refractivity contribution in [1.29, 1.82) is 0 Å². The molecule has 0 fully saturated rings. The molecule has 82 valence electrons. The van der Waals surface area contributed by atoms with Gasteiger partial charge in [-0.15, -0.1) is 11.3 Å². The fourth-order valence-corrected chi connectivity index (χ4v) is 1.49. The van der Waals surface area contributed by atoms with Gasteiger partial charge in [0.05, 0.1) is 0 Å². The molecule has 0 saturated carbocycles. The number of hydrogen-bond donors (Lipinski definition) is 1. The molecule has 1 N–H and O–H groups in total. The first kappa shape index (κ1) is 13.4. The SMILES string of the molecule is CC.CNCc1nc(C(F)(F)F)cs1. The molecule has 6 heteroatoms. The number of halogens is 3. The van der Waals surface area contributed by atoms with E-state index in [1.54, 1.807) is 7.05 Å². The van der Waals surface area contributed by atoms with Gasteiger partial charge in [-0.1, -0.05) is 13.8 Å². The summed E-state index contributed by atoms with van der Waals surface area (Å²) in [5.41, 5.74) is -0.808. The first-order valence-electron chi connectivity index (χ1n) is 4.20. The summed E-state index contributed by atoms with van der Waals surface area (Å²) in [5.74, 6) is 0. The second-order valence-electron chi connectivity index (χ2n) is 2.15. The number of hydrogen-bond acceptors (Lipinski definition) is 3. The van der Waals surface area contributed by atoms with E-state index in [1.165, 1.54) is 0 Å². The Morgan fingerprint density at radius 1 is 1.43 bits per heavy atom. The van der Waals surface area contributed by atoms with Crippen molar-refractivity contribution >= 4 is 11.3 Å². The molecule has 1 aromatic rings. The van der Waals surface area contributed by atoms with Gasteiger partial charge in [0.2, 0.25) is 0 Å². The Hall–Kier alpha value is -0.620. The van der Waals surface area contributed by atoms with Crippen LogP contribution in [-0.2, 0) is 12.7 Å². The van der Waals surface area contributed by atoms with Crippen molar-refractivity contribution in [3.8, 4) is 0 Å². The van der Waals surface area contributed by atoms with Crippen molar-refractivity contribution < 1.29 is 13.2 Å². The van der Waals surface area contributed by atoms with Crippen LogP contribution in [0.1, 0.15) is 24.5 Å². The van der Waals surface area contributed by atoms with Crippen LogP contribution >= 0.6 is 11.3 Å². The first-order valence-corrected chi connectivity index (χ1v) is 5.08. The molecular weight excluding hydrogens is 213 g/mol. The normalized spacial score (nSPS) is 10.7. The van der Waals surface area contributed by atoms with E-state index in [1.807, 2.05) is 13.8 Å². The van der Waals surface area contributed by atoms with Crippen LogP contribution in [0.25, 0.3) is 0 Å². The lowest BCUT2D eigenvalue weighted by atomic mass is 10.5. The second kappa shape index (κ2) is 5.98. The third kappa shape index (κ3) is 4.06. The van der Waals surface area contributed by atoms with Crippen molar-refractivity contribution in [3.63, 3.8) is 0 Å². The Morgan fingerprint density at radius 2 is 2.00 bits per heavy atom. The largest absolute Gasteiger partial charge is 0.434 e. The minimum Gasteiger partial charge on any atom is -0.314 e. The van der Waals surface area contributed by atoms with Gasteiger partial charge in [0, 0.05) is 11.9 Å². The van der Waals surface area contributed by atoms with E-state index in [2.05, 4.69) is 10.3 Å². The van der Waals surface area contributed by atoms with Crippen molar-refractivity contribution in [2.75, 3.05) is 7.05 Å². The smallest absolute Gasteiger partial charge is 0.314 e. The molecule has 0 saturated heterocycles. The average molecular weight is 226 g/mol. The highest BCUT2D eigenvalue weighted by Gasteiger charge is 2.33. The maximum absolute atomic E-state index is 12.0. The molecule has 0 radical (unpaired) electrons. The molecule has 2 nitrogen and oxygen atoms in total. The van der Waals surface area contributed by atoms with Crippen LogP contribution in [-0.4, -0.2) is 12.0 Å². The molecule has 0 aliphatic rings. The number of alkyl halides is 3. The lowest BCUT2D eigenvalue weighted by molar-refractivity contribution is -0.140. The molecule has 0 aromatic carbocycles. The summed E-state index contributed by atoms with van der Waals surface area (Å²) in [6.07, 6.45) is -4.32. The van der Waals surface area contributed by atoms with Gasteiger partial charge in [-0.05, 0) is 7.05 Å². The van der Waals surface area contributed by atoms with E-state index >= 15 is 0 Å². The number of nitrogens with one attached hydrogen (secondary N) is 1. The predicted octanol–water partition coefficient (Wildman–Crippen LogP) is 2.91. The van der Waals surface area contributed by atoms with Crippen LogP contribution in [0.4, 0.5) is 13.2 Å². The Kier molecular flexibility index (Phi) is 5.71. The van der Waals surface area contributed by atoms with Crippen molar-refractivity contribution in [3.05, 3.63) is 16.1 Å². The molecule has 0 aliphatic carbocycles. The zero-order chi connectivity index (χ0) is 11.2. The molecule has 0 amide bonds. The third-order valence-corrected chi connectivity index (χ3v) is 2.02. The molecule has 1 aromatic heterocycles. The number of thiazole rings is 1. The first-order chi connectivity index (χ1) is 6.54. The molecule has 0 unspecified atom stereocenters. The zero-order valence-corrected chi connectivity index (χ0v) is 9.09. The summed E-state index contributed by atoms with van der Waals surface area (Å²) in [6.45, 7) is 4.38. The average Bonchev–Trinajstić information content (AvgIpc) is 2.56. The molecule has 0 aliphatic heterocycles. The molecule has 14 heavy (non-hydrogen) atoms.